The highest BCUT2D eigenvalue weighted by atomic mass is 16.5. The second-order valence-electron chi connectivity index (χ2n) is 5.52. The van der Waals surface area contributed by atoms with Crippen LogP contribution in [0, 0.1) is 0 Å². The van der Waals surface area contributed by atoms with Crippen molar-refractivity contribution >= 4 is 6.08 Å². The number of hydrogen-bond acceptors (Lipinski definition) is 3. The lowest BCUT2D eigenvalue weighted by atomic mass is 9.97. The maximum Gasteiger partial charge on any atom is 0.127 e. The Bertz CT molecular complexity index is 647. The van der Waals surface area contributed by atoms with Gasteiger partial charge in [-0.3, -0.25) is 4.98 Å². The van der Waals surface area contributed by atoms with Crippen LogP contribution < -0.4 is 4.74 Å². The van der Waals surface area contributed by atoms with E-state index in [9.17, 15) is 5.11 Å². The highest BCUT2D eigenvalue weighted by Crippen LogP contribution is 2.33. The number of benzene rings is 1. The van der Waals surface area contributed by atoms with E-state index in [0.717, 1.165) is 22.4 Å². The van der Waals surface area contributed by atoms with Crippen LogP contribution >= 0.6 is 0 Å². The molecule has 0 fully saturated rings. The van der Waals surface area contributed by atoms with Gasteiger partial charge in [-0.25, -0.2) is 0 Å². The highest BCUT2D eigenvalue weighted by Gasteiger charge is 2.22. The SMILES string of the molecule is CC1(C)C=Cc2cc(C(O)c3ccncc3)ccc2O1. The summed E-state index contributed by atoms with van der Waals surface area (Å²) < 4.78 is 5.88. The summed E-state index contributed by atoms with van der Waals surface area (Å²) >= 11 is 0. The van der Waals surface area contributed by atoms with E-state index in [0.29, 0.717) is 0 Å². The number of pyridine rings is 1. The van der Waals surface area contributed by atoms with Crippen molar-refractivity contribution in [1.82, 2.24) is 4.98 Å². The minimum atomic E-state index is -0.647. The molecular weight excluding hydrogens is 250 g/mol. The second-order valence-corrected chi connectivity index (χ2v) is 5.52. The average Bonchev–Trinajstić information content (AvgIpc) is 2.46. The monoisotopic (exact) mass is 267 g/mol. The molecule has 2 heterocycles. The van der Waals surface area contributed by atoms with Crippen LogP contribution in [0.3, 0.4) is 0 Å². The zero-order valence-corrected chi connectivity index (χ0v) is 11.6. The Morgan fingerprint density at radius 3 is 2.60 bits per heavy atom. The maximum atomic E-state index is 10.4. The molecule has 3 nitrogen and oxygen atoms in total. The molecule has 0 radical (unpaired) electrons. The summed E-state index contributed by atoms with van der Waals surface area (Å²) in [5.41, 5.74) is 2.40. The van der Waals surface area contributed by atoms with Gasteiger partial charge in [0.25, 0.3) is 0 Å². The van der Waals surface area contributed by atoms with E-state index in [2.05, 4.69) is 4.98 Å². The lowest BCUT2D eigenvalue weighted by Gasteiger charge is -2.28. The molecular formula is C17H17NO2. The number of rotatable bonds is 2. The highest BCUT2D eigenvalue weighted by molar-refractivity contribution is 5.62. The molecule has 1 aliphatic heterocycles. The molecule has 1 aromatic heterocycles. The first-order chi connectivity index (χ1) is 9.55. The Labute approximate surface area is 118 Å². The van der Waals surface area contributed by atoms with Gasteiger partial charge in [0.1, 0.15) is 17.5 Å². The summed E-state index contributed by atoms with van der Waals surface area (Å²) in [4.78, 5) is 3.97. The minimum Gasteiger partial charge on any atom is -0.483 e. The fourth-order valence-electron chi connectivity index (χ4n) is 2.31. The lowest BCUT2D eigenvalue weighted by molar-refractivity contribution is 0.158. The van der Waals surface area contributed by atoms with Crippen LogP contribution in [0.1, 0.15) is 36.6 Å². The van der Waals surface area contributed by atoms with Gasteiger partial charge in [-0.2, -0.15) is 0 Å². The van der Waals surface area contributed by atoms with Crippen molar-refractivity contribution in [3.8, 4) is 5.75 Å². The van der Waals surface area contributed by atoms with Crippen LogP contribution in [0.2, 0.25) is 0 Å². The normalized spacial score (nSPS) is 17.1. The number of aromatic nitrogens is 1. The molecule has 0 spiro atoms. The number of hydrogen-bond donors (Lipinski definition) is 1. The molecule has 0 aliphatic carbocycles. The van der Waals surface area contributed by atoms with Gasteiger partial charge in [-0.15, -0.1) is 0 Å². The van der Waals surface area contributed by atoms with Gasteiger partial charge in [0, 0.05) is 18.0 Å². The number of ether oxygens (including phenoxy) is 1. The van der Waals surface area contributed by atoms with Crippen molar-refractivity contribution in [2.45, 2.75) is 25.6 Å². The average molecular weight is 267 g/mol. The minimum absolute atomic E-state index is 0.280. The molecule has 3 rings (SSSR count). The predicted octanol–water partition coefficient (Wildman–Crippen LogP) is 3.35. The predicted molar refractivity (Wildman–Crippen MR) is 78.5 cm³/mol. The van der Waals surface area contributed by atoms with Crippen molar-refractivity contribution in [1.29, 1.82) is 0 Å². The van der Waals surface area contributed by atoms with Gasteiger partial charge < -0.3 is 9.84 Å². The fourth-order valence-corrected chi connectivity index (χ4v) is 2.31. The van der Waals surface area contributed by atoms with Crippen molar-refractivity contribution < 1.29 is 9.84 Å². The Morgan fingerprint density at radius 1 is 1.10 bits per heavy atom. The molecule has 1 atom stereocenters. The summed E-state index contributed by atoms with van der Waals surface area (Å²) in [5.74, 6) is 0.850. The van der Waals surface area contributed by atoms with Gasteiger partial charge >= 0.3 is 0 Å². The van der Waals surface area contributed by atoms with Crippen molar-refractivity contribution in [3.05, 3.63) is 65.5 Å². The zero-order valence-electron chi connectivity index (χ0n) is 11.6. The number of fused-ring (bicyclic) bond motifs is 1. The van der Waals surface area contributed by atoms with E-state index < -0.39 is 6.10 Å². The third kappa shape index (κ3) is 2.45. The molecule has 1 N–H and O–H groups in total. The molecule has 1 unspecified atom stereocenters. The molecule has 0 amide bonds. The number of aliphatic hydroxyl groups excluding tert-OH is 1. The van der Waals surface area contributed by atoms with Crippen molar-refractivity contribution in [2.24, 2.45) is 0 Å². The topological polar surface area (TPSA) is 42.4 Å². The Kier molecular flexibility index (Phi) is 3.07. The Morgan fingerprint density at radius 2 is 1.85 bits per heavy atom. The van der Waals surface area contributed by atoms with Crippen LogP contribution in [0.25, 0.3) is 6.08 Å². The third-order valence-corrected chi connectivity index (χ3v) is 3.41. The second kappa shape index (κ2) is 4.76. The standard InChI is InChI=1S/C17H17NO2/c1-17(2)8-5-13-11-14(3-4-15(13)20-17)16(19)12-6-9-18-10-7-12/h3-11,16,19H,1-2H3. The van der Waals surface area contributed by atoms with Crippen LogP contribution in [0.15, 0.2) is 48.8 Å². The molecule has 3 heteroatoms. The largest absolute Gasteiger partial charge is 0.483 e. The first kappa shape index (κ1) is 12.9. The summed E-state index contributed by atoms with van der Waals surface area (Å²) in [6, 6.07) is 9.42. The summed E-state index contributed by atoms with van der Waals surface area (Å²) in [6.45, 7) is 4.04. The molecule has 2 aromatic rings. The van der Waals surface area contributed by atoms with Crippen LogP contribution in [-0.2, 0) is 0 Å². The maximum absolute atomic E-state index is 10.4. The Hall–Kier alpha value is -2.13. The Balaban J connectivity index is 1.94. The van der Waals surface area contributed by atoms with Crippen LogP contribution in [0.4, 0.5) is 0 Å². The van der Waals surface area contributed by atoms with E-state index >= 15 is 0 Å². The van der Waals surface area contributed by atoms with Crippen LogP contribution in [0.5, 0.6) is 5.75 Å². The molecule has 1 aromatic carbocycles. The van der Waals surface area contributed by atoms with E-state index in [1.165, 1.54) is 0 Å². The quantitative estimate of drug-likeness (QED) is 0.907. The van der Waals surface area contributed by atoms with Crippen molar-refractivity contribution in [3.63, 3.8) is 0 Å². The lowest BCUT2D eigenvalue weighted by Crippen LogP contribution is -2.27. The smallest absolute Gasteiger partial charge is 0.127 e. The van der Waals surface area contributed by atoms with E-state index in [1.54, 1.807) is 12.4 Å². The number of nitrogens with zero attached hydrogens (tertiary/aromatic N) is 1. The molecule has 0 saturated heterocycles. The van der Waals surface area contributed by atoms with Gasteiger partial charge in [-0.05, 0) is 55.3 Å². The first-order valence-corrected chi connectivity index (χ1v) is 6.65. The van der Waals surface area contributed by atoms with Crippen LogP contribution in [-0.4, -0.2) is 15.7 Å². The summed E-state index contributed by atoms with van der Waals surface area (Å²) in [7, 11) is 0. The van der Waals surface area contributed by atoms with E-state index in [1.807, 2.05) is 56.3 Å². The summed E-state index contributed by atoms with van der Waals surface area (Å²) in [6.07, 6.45) is 6.79. The van der Waals surface area contributed by atoms with Gasteiger partial charge in [0.2, 0.25) is 0 Å². The summed E-state index contributed by atoms with van der Waals surface area (Å²) in [5, 5.41) is 10.4. The molecule has 20 heavy (non-hydrogen) atoms. The zero-order chi connectivity index (χ0) is 14.2. The van der Waals surface area contributed by atoms with Gasteiger partial charge in [0.15, 0.2) is 0 Å². The van der Waals surface area contributed by atoms with Crippen molar-refractivity contribution in [2.75, 3.05) is 0 Å². The first-order valence-electron chi connectivity index (χ1n) is 6.65. The molecule has 0 bridgehead atoms. The van der Waals surface area contributed by atoms with E-state index in [4.69, 9.17) is 4.74 Å². The van der Waals surface area contributed by atoms with Gasteiger partial charge in [0.05, 0.1) is 0 Å². The van der Waals surface area contributed by atoms with E-state index in [-0.39, 0.29) is 5.60 Å². The number of aliphatic hydroxyl groups is 1. The molecule has 1 aliphatic rings. The fraction of sp³-hybridized carbons (Fsp3) is 0.235. The third-order valence-electron chi connectivity index (χ3n) is 3.41. The molecule has 102 valence electrons. The molecule has 0 saturated carbocycles. The van der Waals surface area contributed by atoms with Gasteiger partial charge in [-0.1, -0.05) is 12.1 Å².